The van der Waals surface area contributed by atoms with Gasteiger partial charge in [-0.25, -0.2) is 18.4 Å². The van der Waals surface area contributed by atoms with Crippen LogP contribution in [-0.2, 0) is 22.7 Å². The van der Waals surface area contributed by atoms with Gasteiger partial charge < -0.3 is 29.5 Å². The van der Waals surface area contributed by atoms with Crippen LogP contribution in [0.5, 0.6) is 11.5 Å². The van der Waals surface area contributed by atoms with Crippen LogP contribution < -0.4 is 14.8 Å². The van der Waals surface area contributed by atoms with Gasteiger partial charge in [0.25, 0.3) is 5.92 Å². The lowest BCUT2D eigenvalue weighted by Gasteiger charge is -2.44. The number of carboxylic acids is 1. The molecule has 8 nitrogen and oxygen atoms in total. The highest BCUT2D eigenvalue weighted by Crippen LogP contribution is 2.46. The van der Waals surface area contributed by atoms with Gasteiger partial charge in [-0.2, -0.15) is 0 Å². The molecular weight excluding hydrogens is 510 g/mol. The van der Waals surface area contributed by atoms with Crippen LogP contribution in [0.2, 0.25) is 5.02 Å². The summed E-state index contributed by atoms with van der Waals surface area (Å²) in [5.41, 5.74) is -0.622. The number of carbonyl (C=O) groups excluding carboxylic acids is 1. The van der Waals surface area contributed by atoms with E-state index in [0.29, 0.717) is 36.9 Å². The number of aliphatic carboxylic acids is 1. The van der Waals surface area contributed by atoms with Crippen LogP contribution in [0.25, 0.3) is 0 Å². The standard InChI is InChI=1S/C26H31ClF2N2O6/c1-3-36-20-12-19(22(27)21(13-20)37-4-2)14-31(10-11-35-15-18-8-6-5-7-9-18)24(34)30-25(23(32)33)16-26(28,29)17-25/h5-9,12-13H,3-4,10-11,14-17H2,1-2H3,(H,30,34)(H,32,33). The highest BCUT2D eigenvalue weighted by molar-refractivity contribution is 6.32. The molecule has 1 aliphatic carbocycles. The summed E-state index contributed by atoms with van der Waals surface area (Å²) in [7, 11) is 0. The topological polar surface area (TPSA) is 97.3 Å². The van der Waals surface area contributed by atoms with Gasteiger partial charge in [0.15, 0.2) is 5.54 Å². The zero-order valence-corrected chi connectivity index (χ0v) is 21.5. The number of hydrogen-bond donors (Lipinski definition) is 2. The van der Waals surface area contributed by atoms with E-state index >= 15 is 0 Å². The monoisotopic (exact) mass is 540 g/mol. The van der Waals surface area contributed by atoms with Crippen LogP contribution in [0.3, 0.4) is 0 Å². The van der Waals surface area contributed by atoms with Crippen molar-refractivity contribution in [3.63, 3.8) is 0 Å². The summed E-state index contributed by atoms with van der Waals surface area (Å²) < 4.78 is 44.1. The number of ether oxygens (including phenoxy) is 3. The van der Waals surface area contributed by atoms with Crippen LogP contribution in [-0.4, -0.2) is 59.8 Å². The zero-order chi connectivity index (χ0) is 27.1. The third kappa shape index (κ3) is 7.45. The molecule has 0 radical (unpaired) electrons. The second-order valence-corrected chi connectivity index (χ2v) is 9.13. The maximum Gasteiger partial charge on any atom is 0.329 e. The lowest BCUT2D eigenvalue weighted by Crippen LogP contribution is -2.68. The number of benzene rings is 2. The largest absolute Gasteiger partial charge is 0.494 e. The van der Waals surface area contributed by atoms with Gasteiger partial charge in [0.1, 0.15) is 11.5 Å². The maximum atomic E-state index is 13.6. The number of alkyl halides is 2. The number of nitrogens with one attached hydrogen (secondary N) is 1. The predicted octanol–water partition coefficient (Wildman–Crippen LogP) is 5.12. The number of halogens is 3. The molecule has 0 atom stereocenters. The molecule has 37 heavy (non-hydrogen) atoms. The van der Waals surface area contributed by atoms with E-state index in [0.717, 1.165) is 5.56 Å². The van der Waals surface area contributed by atoms with Gasteiger partial charge in [-0.15, -0.1) is 0 Å². The van der Waals surface area contributed by atoms with Crippen molar-refractivity contribution in [2.45, 2.75) is 51.3 Å². The molecule has 1 saturated carbocycles. The van der Waals surface area contributed by atoms with E-state index in [-0.39, 0.29) is 24.7 Å². The highest BCUT2D eigenvalue weighted by Gasteiger charge is 2.62. The third-order valence-electron chi connectivity index (χ3n) is 5.84. The summed E-state index contributed by atoms with van der Waals surface area (Å²) in [6, 6.07) is 11.9. The second kappa shape index (κ2) is 12.4. The molecule has 0 spiro atoms. The third-order valence-corrected chi connectivity index (χ3v) is 6.27. The lowest BCUT2D eigenvalue weighted by molar-refractivity contribution is -0.175. The molecule has 0 unspecified atom stereocenters. The molecule has 0 bridgehead atoms. The van der Waals surface area contributed by atoms with Gasteiger partial charge in [-0.05, 0) is 31.0 Å². The van der Waals surface area contributed by atoms with Crippen molar-refractivity contribution in [1.29, 1.82) is 0 Å². The summed E-state index contributed by atoms with van der Waals surface area (Å²) >= 11 is 6.55. The summed E-state index contributed by atoms with van der Waals surface area (Å²) in [6.07, 6.45) is -1.96. The zero-order valence-electron chi connectivity index (χ0n) is 20.8. The SMILES string of the molecule is CCOc1cc(CN(CCOCc2ccccc2)C(=O)NC2(C(=O)O)CC(F)(F)C2)c(Cl)c(OCC)c1. The van der Waals surface area contributed by atoms with Crippen molar-refractivity contribution >= 4 is 23.6 Å². The number of urea groups is 1. The summed E-state index contributed by atoms with van der Waals surface area (Å²) in [6.45, 7) is 4.75. The Hall–Kier alpha value is -3.11. The first-order valence-corrected chi connectivity index (χ1v) is 12.3. The van der Waals surface area contributed by atoms with Crippen molar-refractivity contribution in [1.82, 2.24) is 10.2 Å². The van der Waals surface area contributed by atoms with E-state index in [1.807, 2.05) is 37.3 Å². The van der Waals surface area contributed by atoms with Crippen molar-refractivity contribution in [3.05, 3.63) is 58.6 Å². The Kier molecular flexibility index (Phi) is 9.56. The molecule has 1 aliphatic rings. The number of nitrogens with zero attached hydrogens (tertiary/aromatic N) is 1. The molecule has 0 aromatic heterocycles. The predicted molar refractivity (Wildman–Crippen MR) is 133 cm³/mol. The minimum absolute atomic E-state index is 0.0456. The number of carboxylic acid groups (broad SMARTS) is 1. The average Bonchev–Trinajstić information content (AvgIpc) is 2.83. The number of hydrogen-bond acceptors (Lipinski definition) is 5. The van der Waals surface area contributed by atoms with E-state index in [4.69, 9.17) is 25.8 Å². The van der Waals surface area contributed by atoms with Crippen LogP contribution in [0.4, 0.5) is 13.6 Å². The normalized spacial score (nSPS) is 15.4. The van der Waals surface area contributed by atoms with E-state index in [1.54, 1.807) is 19.1 Å². The first kappa shape index (κ1) is 28.5. The summed E-state index contributed by atoms with van der Waals surface area (Å²) in [4.78, 5) is 26.3. The summed E-state index contributed by atoms with van der Waals surface area (Å²) in [5, 5.41) is 12.1. The molecule has 11 heteroatoms. The fourth-order valence-corrected chi connectivity index (χ4v) is 4.28. The Bertz CT molecular complexity index is 1080. The van der Waals surface area contributed by atoms with Gasteiger partial charge >= 0.3 is 12.0 Å². The smallest absolute Gasteiger partial charge is 0.329 e. The fraction of sp³-hybridized carbons (Fsp3) is 0.462. The van der Waals surface area contributed by atoms with E-state index in [1.165, 1.54) is 4.90 Å². The molecule has 0 saturated heterocycles. The Labute approximate surface area is 219 Å². The Morgan fingerprint density at radius 3 is 2.38 bits per heavy atom. The van der Waals surface area contributed by atoms with E-state index in [2.05, 4.69) is 5.32 Å². The molecule has 0 heterocycles. The first-order valence-electron chi connectivity index (χ1n) is 12.0. The molecule has 202 valence electrons. The lowest BCUT2D eigenvalue weighted by atomic mass is 9.73. The van der Waals surface area contributed by atoms with Crippen LogP contribution >= 0.6 is 11.6 Å². The molecule has 2 aromatic rings. The van der Waals surface area contributed by atoms with Gasteiger partial charge in [-0.1, -0.05) is 41.9 Å². The molecule has 2 aromatic carbocycles. The molecule has 0 aliphatic heterocycles. The Morgan fingerprint density at radius 2 is 1.78 bits per heavy atom. The van der Waals surface area contributed by atoms with E-state index < -0.39 is 36.3 Å². The fourth-order valence-electron chi connectivity index (χ4n) is 4.06. The number of amides is 2. The second-order valence-electron chi connectivity index (χ2n) is 8.75. The molecular formula is C26H31ClF2N2O6. The minimum Gasteiger partial charge on any atom is -0.494 e. The molecule has 3 rings (SSSR count). The van der Waals surface area contributed by atoms with Gasteiger partial charge in [0.05, 0.1) is 31.5 Å². The van der Waals surface area contributed by atoms with Gasteiger partial charge in [0, 0.05) is 32.0 Å². The highest BCUT2D eigenvalue weighted by atomic mass is 35.5. The molecule has 2 N–H and O–H groups in total. The maximum absolute atomic E-state index is 13.6. The Morgan fingerprint density at radius 1 is 1.11 bits per heavy atom. The van der Waals surface area contributed by atoms with Crippen molar-refractivity contribution < 1.29 is 37.7 Å². The number of rotatable bonds is 13. The number of carbonyl (C=O) groups is 2. The van der Waals surface area contributed by atoms with Crippen molar-refractivity contribution in [2.24, 2.45) is 0 Å². The quantitative estimate of drug-likeness (QED) is 0.342. The van der Waals surface area contributed by atoms with E-state index in [9.17, 15) is 23.5 Å². The Balaban J connectivity index is 1.80. The van der Waals surface area contributed by atoms with Crippen LogP contribution in [0.15, 0.2) is 42.5 Å². The average molecular weight is 541 g/mol. The van der Waals surface area contributed by atoms with Crippen molar-refractivity contribution in [3.8, 4) is 11.5 Å². The molecule has 2 amide bonds. The molecule has 1 fully saturated rings. The van der Waals surface area contributed by atoms with Gasteiger partial charge in [-0.3, -0.25) is 0 Å². The minimum atomic E-state index is -3.16. The van der Waals surface area contributed by atoms with Gasteiger partial charge in [0.2, 0.25) is 0 Å². The van der Waals surface area contributed by atoms with Crippen LogP contribution in [0, 0.1) is 0 Å². The van der Waals surface area contributed by atoms with Crippen molar-refractivity contribution in [2.75, 3.05) is 26.4 Å². The summed E-state index contributed by atoms with van der Waals surface area (Å²) in [5.74, 6) is -3.82. The van der Waals surface area contributed by atoms with Crippen LogP contribution in [0.1, 0.15) is 37.8 Å². The first-order chi connectivity index (χ1) is 17.6.